The molecule has 0 fully saturated rings. The Hall–Kier alpha value is -1.59. The number of nitriles is 1. The summed E-state index contributed by atoms with van der Waals surface area (Å²) in [4.78, 5) is 1.99. The summed E-state index contributed by atoms with van der Waals surface area (Å²) in [6, 6.07) is 12.9. The van der Waals surface area contributed by atoms with Crippen molar-refractivity contribution >= 4 is 11.3 Å². The van der Waals surface area contributed by atoms with Gasteiger partial charge in [0.2, 0.25) is 0 Å². The van der Waals surface area contributed by atoms with Gasteiger partial charge in [0.25, 0.3) is 0 Å². The fraction of sp³-hybridized carbons (Fsp3) is 0.267. The number of fused-ring (bicyclic) bond motifs is 1. The summed E-state index contributed by atoms with van der Waals surface area (Å²) >= 11 is 1.58. The van der Waals surface area contributed by atoms with E-state index in [1.807, 2.05) is 12.1 Å². The van der Waals surface area contributed by atoms with Crippen LogP contribution in [0.25, 0.3) is 10.4 Å². The largest absolute Gasteiger partial charge is 0.192 e. The molecule has 0 spiro atoms. The maximum Gasteiger partial charge on any atom is 0.110 e. The predicted molar refractivity (Wildman–Crippen MR) is 71.1 cm³/mol. The van der Waals surface area contributed by atoms with Crippen molar-refractivity contribution in [1.29, 1.82) is 5.26 Å². The van der Waals surface area contributed by atoms with E-state index in [-0.39, 0.29) is 0 Å². The summed E-state index contributed by atoms with van der Waals surface area (Å²) in [5.74, 6) is 0. The smallest absolute Gasteiger partial charge is 0.110 e. The van der Waals surface area contributed by atoms with Gasteiger partial charge in [-0.3, -0.25) is 0 Å². The summed E-state index contributed by atoms with van der Waals surface area (Å²) in [7, 11) is 0. The molecule has 0 atom stereocenters. The van der Waals surface area contributed by atoms with Gasteiger partial charge in [-0.1, -0.05) is 18.2 Å². The lowest BCUT2D eigenvalue weighted by molar-refractivity contribution is 0.686. The zero-order valence-corrected chi connectivity index (χ0v) is 10.4. The maximum absolute atomic E-state index is 8.85. The van der Waals surface area contributed by atoms with Crippen LogP contribution in [0.1, 0.15) is 28.8 Å². The second kappa shape index (κ2) is 4.35. The zero-order chi connectivity index (χ0) is 11.7. The van der Waals surface area contributed by atoms with E-state index in [9.17, 15) is 0 Å². The molecule has 0 N–H and O–H groups in total. The highest BCUT2D eigenvalue weighted by Gasteiger charge is 2.10. The summed E-state index contributed by atoms with van der Waals surface area (Å²) in [5.41, 5.74) is 4.27. The van der Waals surface area contributed by atoms with Crippen molar-refractivity contribution in [1.82, 2.24) is 0 Å². The first kappa shape index (κ1) is 10.6. The molecule has 0 bridgehead atoms. The van der Waals surface area contributed by atoms with Gasteiger partial charge in [0, 0.05) is 4.88 Å². The SMILES string of the molecule is N#Cc1ccc(-c2ccc3c(c2)CCCC3)s1. The van der Waals surface area contributed by atoms with Gasteiger partial charge in [0.15, 0.2) is 0 Å². The minimum atomic E-state index is 0.790. The van der Waals surface area contributed by atoms with Crippen molar-refractivity contribution in [2.45, 2.75) is 25.7 Å². The van der Waals surface area contributed by atoms with E-state index >= 15 is 0 Å². The van der Waals surface area contributed by atoms with Crippen LogP contribution >= 0.6 is 11.3 Å². The number of benzene rings is 1. The summed E-state index contributed by atoms with van der Waals surface area (Å²) in [5, 5.41) is 8.85. The summed E-state index contributed by atoms with van der Waals surface area (Å²) in [6.45, 7) is 0. The highest BCUT2D eigenvalue weighted by Crippen LogP contribution is 2.31. The second-order valence-corrected chi connectivity index (χ2v) is 5.55. The van der Waals surface area contributed by atoms with Crippen molar-refractivity contribution in [3.63, 3.8) is 0 Å². The molecular formula is C15H13NS. The first-order valence-electron chi connectivity index (χ1n) is 5.99. The Bertz CT molecular complexity index is 589. The van der Waals surface area contributed by atoms with E-state index in [4.69, 9.17) is 5.26 Å². The average Bonchev–Trinajstić information content (AvgIpc) is 2.87. The average molecular weight is 239 g/mol. The van der Waals surface area contributed by atoms with E-state index in [1.54, 1.807) is 11.3 Å². The lowest BCUT2D eigenvalue weighted by atomic mass is 9.90. The van der Waals surface area contributed by atoms with Gasteiger partial charge in [-0.15, -0.1) is 11.3 Å². The van der Waals surface area contributed by atoms with Gasteiger partial charge >= 0.3 is 0 Å². The molecule has 0 aliphatic heterocycles. The monoisotopic (exact) mass is 239 g/mol. The van der Waals surface area contributed by atoms with Crippen molar-refractivity contribution in [2.24, 2.45) is 0 Å². The van der Waals surface area contributed by atoms with E-state index < -0.39 is 0 Å². The number of hydrogen-bond acceptors (Lipinski definition) is 2. The van der Waals surface area contributed by atoms with E-state index in [0.717, 1.165) is 4.88 Å². The Labute approximate surface area is 105 Å². The topological polar surface area (TPSA) is 23.8 Å². The first-order valence-corrected chi connectivity index (χ1v) is 6.80. The lowest BCUT2D eigenvalue weighted by Crippen LogP contribution is -2.01. The van der Waals surface area contributed by atoms with Crippen LogP contribution < -0.4 is 0 Å². The molecule has 2 aromatic rings. The van der Waals surface area contributed by atoms with Crippen LogP contribution in [-0.4, -0.2) is 0 Å². The Morgan fingerprint density at radius 2 is 1.82 bits per heavy atom. The number of aryl methyl sites for hydroxylation is 2. The molecule has 1 aliphatic carbocycles. The van der Waals surface area contributed by atoms with Gasteiger partial charge < -0.3 is 0 Å². The maximum atomic E-state index is 8.85. The Balaban J connectivity index is 2.01. The number of hydrogen-bond donors (Lipinski definition) is 0. The molecule has 3 rings (SSSR count). The van der Waals surface area contributed by atoms with Crippen LogP contribution in [0, 0.1) is 11.3 Å². The van der Waals surface area contributed by atoms with Gasteiger partial charge in [0.05, 0.1) is 0 Å². The minimum Gasteiger partial charge on any atom is -0.192 e. The highest BCUT2D eigenvalue weighted by atomic mass is 32.1. The third kappa shape index (κ3) is 1.99. The molecule has 1 nitrogen and oxygen atoms in total. The molecule has 1 aliphatic rings. The van der Waals surface area contributed by atoms with Gasteiger partial charge in [-0.2, -0.15) is 5.26 Å². The molecular weight excluding hydrogens is 226 g/mol. The van der Waals surface area contributed by atoms with Crippen LogP contribution in [0.5, 0.6) is 0 Å². The van der Waals surface area contributed by atoms with E-state index in [1.165, 1.54) is 47.3 Å². The van der Waals surface area contributed by atoms with Crippen LogP contribution in [0.4, 0.5) is 0 Å². The fourth-order valence-electron chi connectivity index (χ4n) is 2.44. The van der Waals surface area contributed by atoms with Crippen molar-refractivity contribution < 1.29 is 0 Å². The predicted octanol–water partition coefficient (Wildman–Crippen LogP) is 4.17. The van der Waals surface area contributed by atoms with Crippen molar-refractivity contribution in [3.05, 3.63) is 46.3 Å². The second-order valence-electron chi connectivity index (χ2n) is 4.47. The molecule has 1 heterocycles. The minimum absolute atomic E-state index is 0.790. The van der Waals surface area contributed by atoms with Crippen LogP contribution in [-0.2, 0) is 12.8 Å². The Morgan fingerprint density at radius 3 is 2.59 bits per heavy atom. The zero-order valence-electron chi connectivity index (χ0n) is 9.57. The van der Waals surface area contributed by atoms with Crippen molar-refractivity contribution in [3.8, 4) is 16.5 Å². The molecule has 84 valence electrons. The fourth-order valence-corrected chi connectivity index (χ4v) is 3.24. The van der Waals surface area contributed by atoms with Gasteiger partial charge in [-0.05, 0) is 54.5 Å². The molecule has 0 amide bonds. The molecule has 1 aromatic heterocycles. The number of thiophene rings is 1. The summed E-state index contributed by atoms with van der Waals surface area (Å²) < 4.78 is 0. The normalized spacial score (nSPS) is 14.1. The van der Waals surface area contributed by atoms with E-state index in [0.29, 0.717) is 0 Å². The lowest BCUT2D eigenvalue weighted by Gasteiger charge is -2.16. The molecule has 0 radical (unpaired) electrons. The third-order valence-corrected chi connectivity index (χ3v) is 4.39. The molecule has 2 heteroatoms. The molecule has 17 heavy (non-hydrogen) atoms. The third-order valence-electron chi connectivity index (χ3n) is 3.35. The van der Waals surface area contributed by atoms with Gasteiger partial charge in [0.1, 0.15) is 10.9 Å². The standard InChI is InChI=1S/C15H13NS/c16-10-14-7-8-15(17-14)13-6-5-11-3-1-2-4-12(11)9-13/h5-9H,1-4H2. The summed E-state index contributed by atoms with van der Waals surface area (Å²) in [6.07, 6.45) is 5.07. The molecule has 0 saturated carbocycles. The van der Waals surface area contributed by atoms with Crippen LogP contribution in [0.2, 0.25) is 0 Å². The quantitative estimate of drug-likeness (QED) is 0.733. The first-order chi connectivity index (χ1) is 8.36. The number of nitrogens with zero attached hydrogens (tertiary/aromatic N) is 1. The Kier molecular flexibility index (Phi) is 2.70. The highest BCUT2D eigenvalue weighted by molar-refractivity contribution is 7.16. The number of rotatable bonds is 1. The van der Waals surface area contributed by atoms with E-state index in [2.05, 4.69) is 24.3 Å². The molecule has 0 saturated heterocycles. The van der Waals surface area contributed by atoms with Gasteiger partial charge in [-0.25, -0.2) is 0 Å². The Morgan fingerprint density at radius 1 is 1.00 bits per heavy atom. The molecule has 0 unspecified atom stereocenters. The van der Waals surface area contributed by atoms with Crippen LogP contribution in [0.3, 0.4) is 0 Å². The van der Waals surface area contributed by atoms with Crippen LogP contribution in [0.15, 0.2) is 30.3 Å². The molecule has 1 aromatic carbocycles. The van der Waals surface area contributed by atoms with Crippen molar-refractivity contribution in [2.75, 3.05) is 0 Å².